The molecule has 0 aromatic carbocycles. The smallest absolute Gasteiger partial charge is 0.317 e. The molecule has 0 aliphatic carbocycles. The van der Waals surface area contributed by atoms with E-state index in [2.05, 4.69) is 13.5 Å². The maximum Gasteiger partial charge on any atom is 0.317 e. The highest BCUT2D eigenvalue weighted by Crippen LogP contribution is 2.29. The van der Waals surface area contributed by atoms with Gasteiger partial charge in [0.2, 0.25) is 0 Å². The Morgan fingerprint density at radius 3 is 2.62 bits per heavy atom. The first-order valence-electron chi connectivity index (χ1n) is 6.56. The molecule has 1 saturated heterocycles. The molecule has 0 spiro atoms. The third-order valence-corrected chi connectivity index (χ3v) is 6.75. The Labute approximate surface area is 100 Å². The van der Waals surface area contributed by atoms with Crippen molar-refractivity contribution in [3.63, 3.8) is 0 Å². The van der Waals surface area contributed by atoms with Gasteiger partial charge in [-0.15, -0.1) is 0 Å². The highest BCUT2D eigenvalue weighted by molar-refractivity contribution is 6.74. The predicted molar refractivity (Wildman–Crippen MR) is 69.8 cm³/mol. The van der Waals surface area contributed by atoms with Crippen LogP contribution in [0.4, 0.5) is 0 Å². The van der Waals surface area contributed by atoms with Crippen LogP contribution >= 0.6 is 0 Å². The largest absolute Gasteiger partial charge is 0.516 e. The molecule has 0 aromatic rings. The SMILES string of the molecule is CCCC/C=C/C(=O)O[Si]1(C)CCCCC1. The lowest BCUT2D eigenvalue weighted by atomic mass is 10.2. The van der Waals surface area contributed by atoms with Gasteiger partial charge in [-0.25, -0.2) is 4.79 Å². The molecule has 1 heterocycles. The van der Waals surface area contributed by atoms with E-state index >= 15 is 0 Å². The second-order valence-electron chi connectivity index (χ2n) is 4.98. The molecule has 0 saturated carbocycles. The molecule has 0 radical (unpaired) electrons. The molecule has 1 aliphatic heterocycles. The first-order valence-corrected chi connectivity index (χ1v) is 9.38. The third kappa shape index (κ3) is 4.97. The molecule has 92 valence electrons. The van der Waals surface area contributed by atoms with E-state index < -0.39 is 8.32 Å². The molecule has 3 heteroatoms. The van der Waals surface area contributed by atoms with Crippen LogP contribution in [0.5, 0.6) is 0 Å². The molecule has 1 fully saturated rings. The van der Waals surface area contributed by atoms with Crippen molar-refractivity contribution in [2.45, 2.75) is 64.1 Å². The summed E-state index contributed by atoms with van der Waals surface area (Å²) in [6, 6.07) is 2.31. The quantitative estimate of drug-likeness (QED) is 0.412. The van der Waals surface area contributed by atoms with E-state index in [0.29, 0.717) is 0 Å². The summed E-state index contributed by atoms with van der Waals surface area (Å²) >= 11 is 0. The van der Waals surface area contributed by atoms with E-state index in [-0.39, 0.29) is 5.97 Å². The Balaban J connectivity index is 2.29. The Bertz CT molecular complexity index is 242. The number of carbonyl (C=O) groups is 1. The maximum atomic E-state index is 11.6. The van der Waals surface area contributed by atoms with E-state index in [0.717, 1.165) is 24.9 Å². The van der Waals surface area contributed by atoms with E-state index in [1.165, 1.54) is 25.7 Å². The lowest BCUT2D eigenvalue weighted by molar-refractivity contribution is -0.129. The summed E-state index contributed by atoms with van der Waals surface area (Å²) in [6.45, 7) is 4.35. The van der Waals surface area contributed by atoms with Gasteiger partial charge in [-0.3, -0.25) is 0 Å². The Kier molecular flexibility index (Phi) is 5.81. The van der Waals surface area contributed by atoms with Crippen molar-refractivity contribution >= 4 is 14.3 Å². The zero-order valence-corrected chi connectivity index (χ0v) is 11.6. The summed E-state index contributed by atoms with van der Waals surface area (Å²) in [5.74, 6) is -0.104. The minimum Gasteiger partial charge on any atom is -0.516 e. The Morgan fingerprint density at radius 1 is 1.31 bits per heavy atom. The molecule has 0 amide bonds. The molecule has 0 unspecified atom stereocenters. The van der Waals surface area contributed by atoms with Crippen LogP contribution in [0.1, 0.15) is 45.4 Å². The molecular formula is C13H24O2Si. The molecule has 1 aliphatic rings. The van der Waals surface area contributed by atoms with Crippen molar-refractivity contribution in [2.24, 2.45) is 0 Å². The molecule has 16 heavy (non-hydrogen) atoms. The highest BCUT2D eigenvalue weighted by Gasteiger charge is 2.33. The van der Waals surface area contributed by atoms with Crippen LogP contribution in [0.25, 0.3) is 0 Å². The predicted octanol–water partition coefficient (Wildman–Crippen LogP) is 4.04. The van der Waals surface area contributed by atoms with Gasteiger partial charge in [-0.05, 0) is 25.1 Å². The molecule has 2 nitrogen and oxygen atoms in total. The average Bonchev–Trinajstić information content (AvgIpc) is 2.25. The number of hydrogen-bond acceptors (Lipinski definition) is 2. The number of carbonyl (C=O) groups excluding carboxylic acids is 1. The van der Waals surface area contributed by atoms with Crippen molar-refractivity contribution in [1.29, 1.82) is 0 Å². The molecule has 0 atom stereocenters. The van der Waals surface area contributed by atoms with Crippen LogP contribution in [0.2, 0.25) is 18.6 Å². The molecular weight excluding hydrogens is 216 g/mol. The van der Waals surface area contributed by atoms with Gasteiger partial charge >= 0.3 is 5.97 Å². The number of allylic oxidation sites excluding steroid dienone is 1. The minimum atomic E-state index is -1.67. The summed E-state index contributed by atoms with van der Waals surface area (Å²) in [5, 5.41) is 0. The summed E-state index contributed by atoms with van der Waals surface area (Å²) < 4.78 is 5.67. The number of hydrogen-bond donors (Lipinski definition) is 0. The zero-order valence-electron chi connectivity index (χ0n) is 10.6. The lowest BCUT2D eigenvalue weighted by Gasteiger charge is -2.30. The minimum absolute atomic E-state index is 0.104. The van der Waals surface area contributed by atoms with Crippen LogP contribution in [0.15, 0.2) is 12.2 Å². The number of unbranched alkanes of at least 4 members (excludes halogenated alkanes) is 2. The van der Waals surface area contributed by atoms with Crippen molar-refractivity contribution in [2.75, 3.05) is 0 Å². The fraction of sp³-hybridized carbons (Fsp3) is 0.769. The van der Waals surface area contributed by atoms with Crippen molar-refractivity contribution < 1.29 is 9.22 Å². The van der Waals surface area contributed by atoms with E-state index in [1.54, 1.807) is 6.08 Å². The second kappa shape index (κ2) is 6.89. The van der Waals surface area contributed by atoms with Gasteiger partial charge in [-0.2, -0.15) is 0 Å². The van der Waals surface area contributed by atoms with Gasteiger partial charge in [0, 0.05) is 6.08 Å². The van der Waals surface area contributed by atoms with Crippen LogP contribution in [-0.4, -0.2) is 14.3 Å². The van der Waals surface area contributed by atoms with Gasteiger partial charge < -0.3 is 4.43 Å². The standard InChI is InChI=1S/C13H24O2Si/c1-3-4-5-7-10-13(14)15-16(2)11-8-6-9-12-16/h7,10H,3-6,8-9,11-12H2,1-2H3/b10-7+. The van der Waals surface area contributed by atoms with Gasteiger partial charge in [0.15, 0.2) is 0 Å². The highest BCUT2D eigenvalue weighted by atomic mass is 28.4. The van der Waals surface area contributed by atoms with E-state index in [9.17, 15) is 4.79 Å². The zero-order chi connectivity index (χ0) is 11.9. The summed E-state index contributed by atoms with van der Waals surface area (Å²) in [4.78, 5) is 11.6. The molecule has 1 rings (SSSR count). The monoisotopic (exact) mass is 240 g/mol. The average molecular weight is 240 g/mol. The lowest BCUT2D eigenvalue weighted by Crippen LogP contribution is -2.38. The summed E-state index contributed by atoms with van der Waals surface area (Å²) in [6.07, 6.45) is 10.7. The summed E-state index contributed by atoms with van der Waals surface area (Å²) in [7, 11) is -1.67. The Morgan fingerprint density at radius 2 is 2.00 bits per heavy atom. The van der Waals surface area contributed by atoms with Gasteiger partial charge in [0.25, 0.3) is 8.32 Å². The van der Waals surface area contributed by atoms with Gasteiger partial charge in [-0.1, -0.05) is 45.1 Å². The first-order chi connectivity index (χ1) is 7.66. The van der Waals surface area contributed by atoms with Crippen LogP contribution < -0.4 is 0 Å². The third-order valence-electron chi connectivity index (χ3n) is 3.24. The van der Waals surface area contributed by atoms with Gasteiger partial charge in [0.05, 0.1) is 0 Å². The molecule has 0 bridgehead atoms. The second-order valence-corrected chi connectivity index (χ2v) is 9.08. The fourth-order valence-electron chi connectivity index (χ4n) is 2.18. The number of rotatable bonds is 5. The van der Waals surface area contributed by atoms with Crippen LogP contribution in [0, 0.1) is 0 Å². The fourth-order valence-corrected chi connectivity index (χ4v) is 5.18. The topological polar surface area (TPSA) is 26.3 Å². The van der Waals surface area contributed by atoms with Crippen LogP contribution in [-0.2, 0) is 9.22 Å². The van der Waals surface area contributed by atoms with E-state index in [4.69, 9.17) is 4.43 Å². The summed E-state index contributed by atoms with van der Waals surface area (Å²) in [5.41, 5.74) is 0. The molecule has 0 aromatic heterocycles. The van der Waals surface area contributed by atoms with Gasteiger partial charge in [0.1, 0.15) is 0 Å². The van der Waals surface area contributed by atoms with Crippen molar-refractivity contribution in [3.8, 4) is 0 Å². The molecule has 0 N–H and O–H groups in total. The van der Waals surface area contributed by atoms with Crippen molar-refractivity contribution in [3.05, 3.63) is 12.2 Å². The maximum absolute atomic E-state index is 11.6. The normalized spacial score (nSPS) is 19.9. The first kappa shape index (κ1) is 13.5. The van der Waals surface area contributed by atoms with Crippen LogP contribution in [0.3, 0.4) is 0 Å². The van der Waals surface area contributed by atoms with Crippen molar-refractivity contribution in [1.82, 2.24) is 0 Å². The Hall–Kier alpha value is -0.573. The van der Waals surface area contributed by atoms with E-state index in [1.807, 2.05) is 6.08 Å².